The number of fused-ring (bicyclic) bond motifs is 1. The summed E-state index contributed by atoms with van der Waals surface area (Å²) < 4.78 is 0. The number of nitrogens with one attached hydrogen (secondary N) is 1. The highest BCUT2D eigenvalue weighted by molar-refractivity contribution is 5.97. The molecule has 20 heavy (non-hydrogen) atoms. The first-order valence-corrected chi connectivity index (χ1v) is 7.36. The van der Waals surface area contributed by atoms with Crippen LogP contribution in [0, 0.1) is 18.8 Å². The maximum atomic E-state index is 11.7. The molecule has 3 unspecified atom stereocenters. The molecule has 1 aromatic heterocycles. The van der Waals surface area contributed by atoms with Crippen LogP contribution < -0.4 is 16.0 Å². The number of rotatable bonds is 3. The summed E-state index contributed by atoms with van der Waals surface area (Å²) in [5.41, 5.74) is 6.99. The number of nitrogens with two attached hydrogens (primary N) is 1. The molecule has 3 heterocycles. The molecule has 5 heteroatoms. The molecule has 3 rings (SSSR count). The zero-order valence-electron chi connectivity index (χ0n) is 12.1. The number of aromatic nitrogens is 1. The van der Waals surface area contributed by atoms with Crippen molar-refractivity contribution in [1.29, 1.82) is 0 Å². The summed E-state index contributed by atoms with van der Waals surface area (Å²) in [6.45, 7) is 7.26. The van der Waals surface area contributed by atoms with Gasteiger partial charge in [-0.1, -0.05) is 6.92 Å². The van der Waals surface area contributed by atoms with E-state index in [1.807, 2.05) is 13.0 Å². The molecule has 2 aliphatic heterocycles. The third-order valence-corrected chi connectivity index (χ3v) is 4.69. The monoisotopic (exact) mass is 274 g/mol. The number of amides is 1. The highest BCUT2D eigenvalue weighted by Gasteiger charge is 2.44. The average molecular weight is 274 g/mol. The van der Waals surface area contributed by atoms with E-state index in [2.05, 4.69) is 22.1 Å². The first-order valence-electron chi connectivity index (χ1n) is 7.36. The molecule has 2 saturated heterocycles. The van der Waals surface area contributed by atoms with Crippen molar-refractivity contribution in [2.24, 2.45) is 17.6 Å². The summed E-state index contributed by atoms with van der Waals surface area (Å²) >= 11 is 0. The molecule has 0 bridgehead atoms. The van der Waals surface area contributed by atoms with Gasteiger partial charge in [0, 0.05) is 31.4 Å². The lowest BCUT2D eigenvalue weighted by Gasteiger charge is -2.29. The first-order chi connectivity index (χ1) is 9.61. The van der Waals surface area contributed by atoms with Crippen LogP contribution in [-0.4, -0.2) is 36.6 Å². The van der Waals surface area contributed by atoms with E-state index in [0.717, 1.165) is 37.6 Å². The zero-order valence-corrected chi connectivity index (χ0v) is 12.1. The third-order valence-electron chi connectivity index (χ3n) is 4.69. The van der Waals surface area contributed by atoms with Gasteiger partial charge in [-0.25, -0.2) is 4.98 Å². The Bertz CT molecular complexity index is 531. The molecular formula is C15H22N4O. The molecule has 0 radical (unpaired) electrons. The topological polar surface area (TPSA) is 71.2 Å². The Labute approximate surface area is 119 Å². The Morgan fingerprint density at radius 1 is 1.50 bits per heavy atom. The fraction of sp³-hybridized carbons (Fsp3) is 0.600. The van der Waals surface area contributed by atoms with Gasteiger partial charge in [-0.2, -0.15) is 0 Å². The third kappa shape index (κ3) is 2.06. The van der Waals surface area contributed by atoms with Crippen LogP contribution in [0.2, 0.25) is 0 Å². The summed E-state index contributed by atoms with van der Waals surface area (Å²) in [5.74, 6) is 1.70. The number of anilines is 1. The molecule has 3 N–H and O–H groups in total. The van der Waals surface area contributed by atoms with Crippen molar-refractivity contribution in [3.63, 3.8) is 0 Å². The molecule has 0 aliphatic carbocycles. The minimum Gasteiger partial charge on any atom is -0.365 e. The number of carbonyl (C=O) groups excluding carboxylic acids is 1. The largest absolute Gasteiger partial charge is 0.365 e. The van der Waals surface area contributed by atoms with E-state index in [1.54, 1.807) is 6.07 Å². The average Bonchev–Trinajstić information content (AvgIpc) is 2.97. The first kappa shape index (κ1) is 13.4. The van der Waals surface area contributed by atoms with Crippen LogP contribution in [0.1, 0.15) is 29.4 Å². The van der Waals surface area contributed by atoms with Crippen molar-refractivity contribution < 1.29 is 4.79 Å². The smallest absolute Gasteiger partial charge is 0.252 e. The van der Waals surface area contributed by atoms with Crippen molar-refractivity contribution in [3.05, 3.63) is 23.4 Å². The summed E-state index contributed by atoms with van der Waals surface area (Å²) in [4.78, 5) is 18.6. The highest BCUT2D eigenvalue weighted by atomic mass is 16.1. The van der Waals surface area contributed by atoms with Gasteiger partial charge in [-0.3, -0.25) is 4.79 Å². The van der Waals surface area contributed by atoms with E-state index in [0.29, 0.717) is 23.4 Å². The number of nitrogens with zero attached hydrogens (tertiary/aromatic N) is 2. The molecule has 1 aromatic rings. The Kier molecular flexibility index (Phi) is 3.38. The number of aryl methyl sites for hydroxylation is 1. The van der Waals surface area contributed by atoms with Gasteiger partial charge in [0.15, 0.2) is 0 Å². The molecule has 0 saturated carbocycles. The standard InChI is InChI=1S/C15H22N4O/c1-3-13-12-7-17-6-10(12)8-19(13)15-11(14(16)20)5-4-9(2)18-15/h4-5,10,12-13,17H,3,6-8H2,1-2H3,(H2,16,20). The SMILES string of the molecule is CCC1C2CNCC2CN1c1nc(C)ccc1C(N)=O. The zero-order chi connectivity index (χ0) is 14.3. The van der Waals surface area contributed by atoms with Gasteiger partial charge in [0.1, 0.15) is 5.82 Å². The summed E-state index contributed by atoms with van der Waals surface area (Å²) in [6.07, 6.45) is 1.07. The molecule has 2 fully saturated rings. The number of hydrogen-bond acceptors (Lipinski definition) is 4. The second kappa shape index (κ2) is 5.05. The molecule has 1 amide bonds. The van der Waals surface area contributed by atoms with Gasteiger partial charge in [0.25, 0.3) is 5.91 Å². The number of carbonyl (C=O) groups is 1. The number of primary amides is 1. The van der Waals surface area contributed by atoms with Crippen molar-refractivity contribution in [2.45, 2.75) is 26.3 Å². The lowest BCUT2D eigenvalue weighted by molar-refractivity contribution is 0.100. The predicted octanol–water partition coefficient (Wildman–Crippen LogP) is 0.923. The van der Waals surface area contributed by atoms with E-state index in [1.165, 1.54) is 0 Å². The van der Waals surface area contributed by atoms with Crippen LogP contribution in [0.3, 0.4) is 0 Å². The van der Waals surface area contributed by atoms with Crippen molar-refractivity contribution >= 4 is 11.7 Å². The van der Waals surface area contributed by atoms with E-state index in [9.17, 15) is 4.79 Å². The maximum absolute atomic E-state index is 11.7. The lowest BCUT2D eigenvalue weighted by atomic mass is 9.93. The minimum absolute atomic E-state index is 0.391. The molecular weight excluding hydrogens is 252 g/mol. The fourth-order valence-corrected chi connectivity index (χ4v) is 3.74. The Morgan fingerprint density at radius 2 is 2.30 bits per heavy atom. The molecule has 108 valence electrons. The Balaban J connectivity index is 2.00. The summed E-state index contributed by atoms with van der Waals surface area (Å²) in [5, 5.41) is 3.47. The Hall–Kier alpha value is -1.62. The molecule has 2 aliphatic rings. The van der Waals surface area contributed by atoms with Crippen molar-refractivity contribution in [2.75, 3.05) is 24.5 Å². The van der Waals surface area contributed by atoms with Crippen LogP contribution in [0.5, 0.6) is 0 Å². The van der Waals surface area contributed by atoms with Gasteiger partial charge in [0.2, 0.25) is 0 Å². The summed E-state index contributed by atoms with van der Waals surface area (Å²) in [6, 6.07) is 4.10. The van der Waals surface area contributed by atoms with Crippen molar-refractivity contribution in [3.8, 4) is 0 Å². The maximum Gasteiger partial charge on any atom is 0.252 e. The second-order valence-electron chi connectivity index (χ2n) is 5.90. The van der Waals surface area contributed by atoms with E-state index < -0.39 is 5.91 Å². The van der Waals surface area contributed by atoms with E-state index >= 15 is 0 Å². The molecule has 0 spiro atoms. The fourth-order valence-electron chi connectivity index (χ4n) is 3.74. The van der Waals surface area contributed by atoms with Gasteiger partial charge in [-0.15, -0.1) is 0 Å². The number of hydrogen-bond donors (Lipinski definition) is 2. The number of pyridine rings is 1. The quantitative estimate of drug-likeness (QED) is 0.860. The van der Waals surface area contributed by atoms with E-state index in [4.69, 9.17) is 5.73 Å². The molecule has 0 aromatic carbocycles. The Morgan fingerprint density at radius 3 is 3.00 bits per heavy atom. The van der Waals surface area contributed by atoms with Crippen LogP contribution in [-0.2, 0) is 0 Å². The van der Waals surface area contributed by atoms with Crippen LogP contribution in [0.25, 0.3) is 0 Å². The summed E-state index contributed by atoms with van der Waals surface area (Å²) in [7, 11) is 0. The minimum atomic E-state index is -0.391. The van der Waals surface area contributed by atoms with Gasteiger partial charge < -0.3 is 16.0 Å². The molecule has 3 atom stereocenters. The van der Waals surface area contributed by atoms with E-state index in [-0.39, 0.29) is 0 Å². The van der Waals surface area contributed by atoms with Gasteiger partial charge in [-0.05, 0) is 37.3 Å². The second-order valence-corrected chi connectivity index (χ2v) is 5.90. The van der Waals surface area contributed by atoms with Crippen LogP contribution >= 0.6 is 0 Å². The van der Waals surface area contributed by atoms with Gasteiger partial charge in [0.05, 0.1) is 5.56 Å². The van der Waals surface area contributed by atoms with Gasteiger partial charge >= 0.3 is 0 Å². The highest BCUT2D eigenvalue weighted by Crippen LogP contribution is 2.37. The van der Waals surface area contributed by atoms with Crippen LogP contribution in [0.15, 0.2) is 12.1 Å². The normalized spacial score (nSPS) is 28.7. The van der Waals surface area contributed by atoms with Crippen molar-refractivity contribution in [1.82, 2.24) is 10.3 Å². The predicted molar refractivity (Wildman–Crippen MR) is 78.8 cm³/mol. The van der Waals surface area contributed by atoms with Crippen LogP contribution in [0.4, 0.5) is 5.82 Å². The lowest BCUT2D eigenvalue weighted by Crippen LogP contribution is -2.37. The molecule has 5 nitrogen and oxygen atoms in total.